The normalized spacial score (nSPS) is 11.7. The van der Waals surface area contributed by atoms with E-state index in [1.54, 1.807) is 51.1 Å². The Hall–Kier alpha value is -3.81. The summed E-state index contributed by atoms with van der Waals surface area (Å²) in [5.41, 5.74) is 0.853. The largest absolute Gasteiger partial charge is 0.444 e. The van der Waals surface area contributed by atoms with Gasteiger partial charge in [0.1, 0.15) is 17.6 Å². The Morgan fingerprint density at radius 2 is 1.67 bits per heavy atom. The van der Waals surface area contributed by atoms with E-state index in [1.165, 1.54) is 12.1 Å². The summed E-state index contributed by atoms with van der Waals surface area (Å²) in [5.74, 6) is -0.500. The number of amides is 1. The number of nitrogens with zero attached hydrogens (tertiary/aromatic N) is 2. The van der Waals surface area contributed by atoms with Crippen molar-refractivity contribution >= 4 is 11.8 Å². The first-order chi connectivity index (χ1) is 15.4. The van der Waals surface area contributed by atoms with E-state index in [0.717, 1.165) is 11.8 Å². The van der Waals surface area contributed by atoms with E-state index in [0.29, 0.717) is 16.8 Å². The smallest absolute Gasteiger partial charge is 0.408 e. The number of carbonyl (C=O) groups excluding carboxylic acids is 1. The second kappa shape index (κ2) is 8.97. The maximum Gasteiger partial charge on any atom is 0.408 e. The molecule has 33 heavy (non-hydrogen) atoms. The number of nitro groups is 1. The number of nitrogens with one attached hydrogen (secondary N) is 1. The van der Waals surface area contributed by atoms with Gasteiger partial charge in [0, 0.05) is 22.8 Å². The van der Waals surface area contributed by atoms with E-state index < -0.39 is 28.0 Å². The zero-order valence-electron chi connectivity index (χ0n) is 19.2. The molecule has 0 saturated carbocycles. The third-order valence-electron chi connectivity index (χ3n) is 4.94. The van der Waals surface area contributed by atoms with Crippen LogP contribution in [0.4, 0.5) is 14.9 Å². The van der Waals surface area contributed by atoms with Crippen molar-refractivity contribution in [1.82, 2.24) is 10.3 Å². The van der Waals surface area contributed by atoms with Crippen molar-refractivity contribution in [3.05, 3.63) is 82.3 Å². The molecule has 0 saturated heterocycles. The van der Waals surface area contributed by atoms with Gasteiger partial charge in [-0.2, -0.15) is 0 Å². The molecule has 0 fully saturated rings. The summed E-state index contributed by atoms with van der Waals surface area (Å²) in [6, 6.07) is 14.6. The van der Waals surface area contributed by atoms with Crippen LogP contribution in [-0.4, -0.2) is 21.6 Å². The molecule has 3 rings (SSSR count). The van der Waals surface area contributed by atoms with Crippen molar-refractivity contribution in [3.8, 4) is 22.4 Å². The molecule has 0 atom stereocenters. The Balaban J connectivity index is 1.97. The van der Waals surface area contributed by atoms with Gasteiger partial charge in [0.05, 0.1) is 16.2 Å². The molecule has 7 nitrogen and oxygen atoms in total. The van der Waals surface area contributed by atoms with Gasteiger partial charge in [-0.1, -0.05) is 42.5 Å². The number of halogens is 1. The lowest BCUT2D eigenvalue weighted by Crippen LogP contribution is -2.43. The highest BCUT2D eigenvalue weighted by Gasteiger charge is 2.26. The minimum atomic E-state index is -0.724. The lowest BCUT2D eigenvalue weighted by molar-refractivity contribution is -0.385. The van der Waals surface area contributed by atoms with E-state index in [-0.39, 0.29) is 11.3 Å². The Labute approximate surface area is 191 Å². The zero-order chi connectivity index (χ0) is 24.4. The van der Waals surface area contributed by atoms with Crippen LogP contribution < -0.4 is 5.32 Å². The van der Waals surface area contributed by atoms with Crippen molar-refractivity contribution in [2.75, 3.05) is 0 Å². The highest BCUT2D eigenvalue weighted by molar-refractivity contribution is 5.82. The number of carbonyl (C=O) groups is 1. The molecular formula is C25H26FN3O4. The minimum absolute atomic E-state index is 0.222. The Bertz CT molecular complexity index is 1190. The van der Waals surface area contributed by atoms with Gasteiger partial charge in [-0.15, -0.1) is 0 Å². The summed E-state index contributed by atoms with van der Waals surface area (Å²) in [6.45, 7) is 9.07. The topological polar surface area (TPSA) is 94.4 Å². The first kappa shape index (κ1) is 23.8. The summed E-state index contributed by atoms with van der Waals surface area (Å²) in [5, 5.41) is 14.1. The second-order valence-electron chi connectivity index (χ2n) is 9.16. The summed E-state index contributed by atoms with van der Waals surface area (Å²) >= 11 is 0. The minimum Gasteiger partial charge on any atom is -0.444 e. The monoisotopic (exact) mass is 451 g/mol. The fraction of sp³-hybridized carbons (Fsp3) is 0.280. The number of hydrogen-bond donors (Lipinski definition) is 1. The van der Waals surface area contributed by atoms with Crippen LogP contribution in [0.5, 0.6) is 0 Å². The average Bonchev–Trinajstić information content (AvgIpc) is 2.72. The fourth-order valence-corrected chi connectivity index (χ4v) is 3.34. The Kier molecular flexibility index (Phi) is 6.48. The molecule has 0 unspecified atom stereocenters. The van der Waals surface area contributed by atoms with E-state index in [2.05, 4.69) is 10.3 Å². The predicted molar refractivity (Wildman–Crippen MR) is 124 cm³/mol. The number of ether oxygens (including phenoxy) is 1. The van der Waals surface area contributed by atoms with Crippen molar-refractivity contribution in [2.24, 2.45) is 0 Å². The highest BCUT2D eigenvalue weighted by Crippen LogP contribution is 2.35. The molecule has 1 heterocycles. The molecule has 1 N–H and O–H groups in total. The van der Waals surface area contributed by atoms with E-state index in [9.17, 15) is 19.3 Å². The lowest BCUT2D eigenvalue weighted by atomic mass is 9.92. The highest BCUT2D eigenvalue weighted by atomic mass is 19.1. The van der Waals surface area contributed by atoms with Gasteiger partial charge in [0.2, 0.25) is 0 Å². The van der Waals surface area contributed by atoms with Crippen LogP contribution in [0, 0.1) is 15.9 Å². The van der Waals surface area contributed by atoms with E-state index >= 15 is 0 Å². The van der Waals surface area contributed by atoms with E-state index in [1.807, 2.05) is 26.0 Å². The summed E-state index contributed by atoms with van der Waals surface area (Å²) in [7, 11) is 0. The first-order valence-corrected chi connectivity index (χ1v) is 10.4. The standard InChI is InChI=1S/C25H26FN3O4/c1-24(2,3)33-23(30)28-25(4,5)17-12-10-16(11-13-17)22-20(14-18(15-27-22)29(31)32)19-8-6-7-9-21(19)26/h6-15H,1-5H3,(H,28,30). The van der Waals surface area contributed by atoms with Crippen LogP contribution in [0.1, 0.15) is 40.2 Å². The summed E-state index contributed by atoms with van der Waals surface area (Å²) in [6.07, 6.45) is 0.622. The summed E-state index contributed by atoms with van der Waals surface area (Å²) in [4.78, 5) is 27.2. The molecule has 0 spiro atoms. The number of pyridine rings is 1. The summed E-state index contributed by atoms with van der Waals surface area (Å²) < 4.78 is 19.9. The molecule has 0 aliphatic rings. The number of aromatic nitrogens is 1. The number of rotatable bonds is 5. The number of hydrogen-bond acceptors (Lipinski definition) is 5. The molecule has 0 aliphatic carbocycles. The van der Waals surface area contributed by atoms with Crippen LogP contribution in [0.15, 0.2) is 60.8 Å². The van der Waals surface area contributed by atoms with Gasteiger partial charge in [-0.3, -0.25) is 10.1 Å². The maximum atomic E-state index is 14.5. The fourth-order valence-electron chi connectivity index (χ4n) is 3.34. The van der Waals surface area contributed by atoms with Crippen molar-refractivity contribution in [3.63, 3.8) is 0 Å². The van der Waals surface area contributed by atoms with Gasteiger partial charge < -0.3 is 10.1 Å². The van der Waals surface area contributed by atoms with Gasteiger partial charge in [-0.25, -0.2) is 14.2 Å². The molecule has 8 heteroatoms. The molecular weight excluding hydrogens is 425 g/mol. The molecule has 2 aromatic carbocycles. The quantitative estimate of drug-likeness (QED) is 0.367. The molecule has 0 radical (unpaired) electrons. The van der Waals surface area contributed by atoms with Crippen LogP contribution in [0.3, 0.4) is 0 Å². The first-order valence-electron chi connectivity index (χ1n) is 10.4. The second-order valence-corrected chi connectivity index (χ2v) is 9.16. The zero-order valence-corrected chi connectivity index (χ0v) is 19.2. The Morgan fingerprint density at radius 1 is 1.03 bits per heavy atom. The molecule has 1 aromatic heterocycles. The Morgan fingerprint density at radius 3 is 2.24 bits per heavy atom. The molecule has 172 valence electrons. The molecule has 1 amide bonds. The van der Waals surface area contributed by atoms with Gasteiger partial charge >= 0.3 is 6.09 Å². The van der Waals surface area contributed by atoms with Crippen molar-refractivity contribution < 1.29 is 18.8 Å². The average molecular weight is 451 g/mol. The molecule has 0 aliphatic heterocycles. The number of benzene rings is 2. The number of alkyl carbamates (subject to hydrolysis) is 1. The third-order valence-corrected chi connectivity index (χ3v) is 4.94. The third kappa shape index (κ3) is 5.71. The van der Waals surface area contributed by atoms with Crippen LogP contribution in [-0.2, 0) is 10.3 Å². The van der Waals surface area contributed by atoms with Crippen molar-refractivity contribution in [1.29, 1.82) is 0 Å². The van der Waals surface area contributed by atoms with Crippen LogP contribution >= 0.6 is 0 Å². The lowest BCUT2D eigenvalue weighted by Gasteiger charge is -2.29. The van der Waals surface area contributed by atoms with Gasteiger partial charge in [0.25, 0.3) is 5.69 Å². The van der Waals surface area contributed by atoms with Gasteiger partial charge in [0.15, 0.2) is 0 Å². The van der Waals surface area contributed by atoms with E-state index in [4.69, 9.17) is 4.74 Å². The van der Waals surface area contributed by atoms with Crippen molar-refractivity contribution in [2.45, 2.75) is 45.8 Å². The SMILES string of the molecule is CC(C)(C)OC(=O)NC(C)(C)c1ccc(-c2ncc([N+](=O)[O-])cc2-c2ccccc2F)cc1. The maximum absolute atomic E-state index is 14.5. The molecule has 0 bridgehead atoms. The van der Waals surface area contributed by atoms with Crippen LogP contribution in [0.2, 0.25) is 0 Å². The van der Waals surface area contributed by atoms with Gasteiger partial charge in [-0.05, 0) is 46.2 Å². The van der Waals surface area contributed by atoms with Crippen LogP contribution in [0.25, 0.3) is 22.4 Å². The predicted octanol–water partition coefficient (Wildman–Crippen LogP) is 6.22. The molecule has 3 aromatic rings.